The number of halogens is 2. The van der Waals surface area contributed by atoms with E-state index in [2.05, 4.69) is 70.5 Å². The summed E-state index contributed by atoms with van der Waals surface area (Å²) in [5.74, 6) is 0.410. The van der Waals surface area contributed by atoms with Crippen LogP contribution < -0.4 is 5.82 Å². The van der Waals surface area contributed by atoms with Crippen LogP contribution in [0.2, 0.25) is 5.02 Å². The Morgan fingerprint density at radius 2 is 1.34 bits per heavy atom. The van der Waals surface area contributed by atoms with Crippen LogP contribution in [-0.4, -0.2) is 42.5 Å². The van der Waals surface area contributed by atoms with Gasteiger partial charge in [0, 0.05) is 49.7 Å². The fraction of sp³-hybridized carbons (Fsp3) is 0.250. The third-order valence-electron chi connectivity index (χ3n) is 6.41. The molecule has 0 N–H and O–H groups in total. The van der Waals surface area contributed by atoms with Crippen LogP contribution >= 0.6 is 24.0 Å². The Hall–Kier alpha value is -2.83. The second kappa shape index (κ2) is 11.7. The summed E-state index contributed by atoms with van der Waals surface area (Å²) >= 11 is 5.99. The maximum Gasteiger partial charge on any atom is 0.519 e. The van der Waals surface area contributed by atoms with Crippen molar-refractivity contribution in [2.75, 3.05) is 32.7 Å². The number of benzene rings is 3. The molecule has 35 heavy (non-hydrogen) atoms. The molecule has 0 amide bonds. The van der Waals surface area contributed by atoms with E-state index in [4.69, 9.17) is 20.4 Å². The minimum absolute atomic E-state index is 0. The smallest absolute Gasteiger partial charge is 0.395 e. The Morgan fingerprint density at radius 3 is 1.91 bits per heavy atom. The maximum absolute atomic E-state index is 11.8. The predicted molar refractivity (Wildman–Crippen MR) is 141 cm³/mol. The Balaban J connectivity index is 0.00000289. The highest BCUT2D eigenvalue weighted by molar-refractivity contribution is 6.30. The Kier molecular flexibility index (Phi) is 8.47. The third-order valence-corrected chi connectivity index (χ3v) is 6.66. The number of piperazine rings is 1. The van der Waals surface area contributed by atoms with Crippen molar-refractivity contribution in [3.05, 3.63) is 117 Å². The van der Waals surface area contributed by atoms with Crippen molar-refractivity contribution >= 4 is 24.0 Å². The lowest BCUT2D eigenvalue weighted by Crippen LogP contribution is -2.48. The van der Waals surface area contributed by atoms with Gasteiger partial charge in [0.1, 0.15) is 0 Å². The van der Waals surface area contributed by atoms with Gasteiger partial charge in [-0.15, -0.1) is 12.4 Å². The maximum atomic E-state index is 11.8. The van der Waals surface area contributed by atoms with Crippen molar-refractivity contribution in [1.82, 2.24) is 9.80 Å². The van der Waals surface area contributed by atoms with Crippen molar-refractivity contribution in [2.45, 2.75) is 12.5 Å². The second-order valence-corrected chi connectivity index (χ2v) is 9.00. The van der Waals surface area contributed by atoms with Gasteiger partial charge >= 0.3 is 5.82 Å². The summed E-state index contributed by atoms with van der Waals surface area (Å²) in [7, 11) is 0. The van der Waals surface area contributed by atoms with E-state index in [0.29, 0.717) is 23.0 Å². The van der Waals surface area contributed by atoms with Crippen LogP contribution in [0.25, 0.3) is 11.3 Å². The van der Waals surface area contributed by atoms with E-state index in [1.54, 1.807) is 12.1 Å². The summed E-state index contributed by atoms with van der Waals surface area (Å²) < 4.78 is 10.7. The molecular formula is C28H28Cl2N2O3. The van der Waals surface area contributed by atoms with E-state index < -0.39 is 5.82 Å². The van der Waals surface area contributed by atoms with E-state index in [9.17, 15) is 4.79 Å². The van der Waals surface area contributed by atoms with Gasteiger partial charge in [-0.2, -0.15) is 0 Å². The van der Waals surface area contributed by atoms with Gasteiger partial charge in [-0.25, -0.2) is 4.79 Å². The monoisotopic (exact) mass is 510 g/mol. The molecule has 1 aliphatic heterocycles. The summed E-state index contributed by atoms with van der Waals surface area (Å²) in [4.78, 5) is 16.8. The summed E-state index contributed by atoms with van der Waals surface area (Å²) in [6.45, 7) is 4.64. The highest BCUT2D eigenvalue weighted by Gasteiger charge is 2.26. The molecule has 0 aliphatic carbocycles. The summed E-state index contributed by atoms with van der Waals surface area (Å²) in [5.41, 5.74) is 3.42. The first-order valence-electron chi connectivity index (χ1n) is 11.6. The zero-order valence-corrected chi connectivity index (χ0v) is 20.9. The molecule has 182 valence electrons. The Labute approximate surface area is 216 Å². The van der Waals surface area contributed by atoms with Crippen LogP contribution in [0.5, 0.6) is 0 Å². The van der Waals surface area contributed by atoms with E-state index >= 15 is 0 Å². The van der Waals surface area contributed by atoms with E-state index in [0.717, 1.165) is 38.3 Å². The Morgan fingerprint density at radius 1 is 0.771 bits per heavy atom. The van der Waals surface area contributed by atoms with Gasteiger partial charge in [-0.1, -0.05) is 72.3 Å². The van der Waals surface area contributed by atoms with Crippen LogP contribution in [0.4, 0.5) is 0 Å². The fourth-order valence-corrected chi connectivity index (χ4v) is 4.81. The van der Waals surface area contributed by atoms with E-state index in [1.165, 1.54) is 11.1 Å². The van der Waals surface area contributed by atoms with Crippen molar-refractivity contribution in [1.29, 1.82) is 0 Å². The predicted octanol–water partition coefficient (Wildman–Crippen LogP) is 5.92. The van der Waals surface area contributed by atoms with Gasteiger partial charge in [-0.3, -0.25) is 4.90 Å². The average Bonchev–Trinajstić information content (AvgIpc) is 3.26. The SMILES string of the molecule is Cl.O=c1oc(CCN2CCN(C(c3ccccc3)c3ccccc3)CC2)c(-c2ccc(Cl)cc2)o1. The van der Waals surface area contributed by atoms with Crippen molar-refractivity contribution < 1.29 is 8.83 Å². The lowest BCUT2D eigenvalue weighted by Gasteiger charge is -2.39. The summed E-state index contributed by atoms with van der Waals surface area (Å²) in [6, 6.07) is 28.9. The van der Waals surface area contributed by atoms with Gasteiger partial charge in [0.15, 0.2) is 11.5 Å². The van der Waals surface area contributed by atoms with Gasteiger partial charge in [0.05, 0.1) is 6.04 Å². The van der Waals surface area contributed by atoms with Crippen LogP contribution in [-0.2, 0) is 6.42 Å². The molecule has 0 spiro atoms. The molecule has 1 aromatic heterocycles. The zero-order valence-electron chi connectivity index (χ0n) is 19.3. The lowest BCUT2D eigenvalue weighted by atomic mass is 9.96. The van der Waals surface area contributed by atoms with Gasteiger partial charge < -0.3 is 13.7 Å². The molecule has 5 rings (SSSR count). The minimum atomic E-state index is -0.668. The lowest BCUT2D eigenvalue weighted by molar-refractivity contribution is 0.109. The molecule has 0 radical (unpaired) electrons. The molecule has 3 aromatic carbocycles. The highest BCUT2D eigenvalue weighted by atomic mass is 35.5. The van der Waals surface area contributed by atoms with Crippen molar-refractivity contribution in [2.24, 2.45) is 0 Å². The number of rotatable bonds is 7. The molecule has 5 nitrogen and oxygen atoms in total. The zero-order chi connectivity index (χ0) is 23.3. The molecule has 1 fully saturated rings. The molecule has 7 heteroatoms. The molecule has 0 unspecified atom stereocenters. The van der Waals surface area contributed by atoms with E-state index in [-0.39, 0.29) is 18.4 Å². The number of hydrogen-bond donors (Lipinski definition) is 0. The first-order chi connectivity index (χ1) is 16.7. The molecular weight excluding hydrogens is 483 g/mol. The van der Waals surface area contributed by atoms with Crippen LogP contribution in [0, 0.1) is 0 Å². The van der Waals surface area contributed by atoms with Gasteiger partial charge in [0.25, 0.3) is 0 Å². The normalized spacial score (nSPS) is 14.7. The third kappa shape index (κ3) is 6.06. The highest BCUT2D eigenvalue weighted by Crippen LogP contribution is 2.30. The number of hydrogen-bond acceptors (Lipinski definition) is 5. The fourth-order valence-electron chi connectivity index (χ4n) is 4.68. The first-order valence-corrected chi connectivity index (χ1v) is 12.0. The molecule has 0 saturated carbocycles. The molecule has 2 heterocycles. The molecule has 4 aromatic rings. The average molecular weight is 511 g/mol. The van der Waals surface area contributed by atoms with Crippen LogP contribution in [0.1, 0.15) is 22.9 Å². The van der Waals surface area contributed by atoms with Gasteiger partial charge in [-0.05, 0) is 35.4 Å². The summed E-state index contributed by atoms with van der Waals surface area (Å²) in [5, 5.41) is 0.637. The number of nitrogens with zero attached hydrogens (tertiary/aromatic N) is 2. The van der Waals surface area contributed by atoms with Gasteiger partial charge in [0.2, 0.25) is 0 Å². The standard InChI is InChI=1S/C28H27ClN2O3.ClH/c29-24-13-11-23(12-14-24)27-25(33-28(32)34-27)15-16-30-17-19-31(20-18-30)26(21-7-3-1-4-8-21)22-9-5-2-6-10-22;/h1-14,26H,15-20H2;1H. The molecule has 1 saturated heterocycles. The largest absolute Gasteiger partial charge is 0.519 e. The topological polar surface area (TPSA) is 49.8 Å². The van der Waals surface area contributed by atoms with E-state index in [1.807, 2.05) is 12.1 Å². The minimum Gasteiger partial charge on any atom is -0.395 e. The molecule has 0 atom stereocenters. The molecule has 1 aliphatic rings. The second-order valence-electron chi connectivity index (χ2n) is 8.56. The quantitative estimate of drug-likeness (QED) is 0.308. The van der Waals surface area contributed by atoms with Crippen molar-refractivity contribution in [3.63, 3.8) is 0 Å². The Bertz CT molecular complexity index is 1210. The molecule has 0 bridgehead atoms. The summed E-state index contributed by atoms with van der Waals surface area (Å²) in [6.07, 6.45) is 0.616. The van der Waals surface area contributed by atoms with Crippen LogP contribution in [0.3, 0.4) is 0 Å². The van der Waals surface area contributed by atoms with Crippen LogP contribution in [0.15, 0.2) is 98.6 Å². The first kappa shape index (κ1) is 25.3. The van der Waals surface area contributed by atoms with Crippen molar-refractivity contribution in [3.8, 4) is 11.3 Å².